The molecule has 0 fully saturated rings. The molecule has 0 aliphatic heterocycles. The van der Waals surface area contributed by atoms with Gasteiger partial charge < -0.3 is 4.74 Å². The van der Waals surface area contributed by atoms with E-state index in [9.17, 15) is 9.59 Å². The second-order valence-electron chi connectivity index (χ2n) is 3.27. The Morgan fingerprint density at radius 1 is 1.43 bits per heavy atom. The Morgan fingerprint density at radius 2 is 2.00 bits per heavy atom. The molecule has 0 saturated heterocycles. The minimum atomic E-state index is -0.792. The Labute approximate surface area is 84.8 Å². The maximum absolute atomic E-state index is 11.6. The van der Waals surface area contributed by atoms with Crippen LogP contribution in [0.4, 0.5) is 0 Å². The van der Waals surface area contributed by atoms with Crippen molar-refractivity contribution in [3.05, 3.63) is 0 Å². The van der Waals surface area contributed by atoms with Gasteiger partial charge in [-0.3, -0.25) is 9.59 Å². The third kappa shape index (κ3) is 3.61. The van der Waals surface area contributed by atoms with Crippen molar-refractivity contribution in [2.24, 2.45) is 11.8 Å². The normalized spacial score (nSPS) is 11.9. The fourth-order valence-corrected chi connectivity index (χ4v) is 1.06. The molecule has 1 unspecified atom stereocenters. The number of hydrogen-bond donors (Lipinski definition) is 0. The third-order valence-electron chi connectivity index (χ3n) is 1.81. The first-order valence-corrected chi connectivity index (χ1v) is 4.68. The van der Waals surface area contributed by atoms with Crippen molar-refractivity contribution in [1.29, 1.82) is 0 Å². The maximum atomic E-state index is 11.6. The summed E-state index contributed by atoms with van der Waals surface area (Å²) in [5, 5.41) is 0. The molecule has 0 aromatic heterocycles. The van der Waals surface area contributed by atoms with Gasteiger partial charge in [0.15, 0.2) is 5.78 Å². The number of rotatable bonds is 5. The summed E-state index contributed by atoms with van der Waals surface area (Å²) in [5.74, 6) is 0.671. The smallest absolute Gasteiger partial charge is 0.317 e. The monoisotopic (exact) mass is 196 g/mol. The number of carbonyl (C=O) groups excluding carboxylic acids is 2. The second-order valence-corrected chi connectivity index (χ2v) is 3.27. The second kappa shape index (κ2) is 6.20. The summed E-state index contributed by atoms with van der Waals surface area (Å²) in [5.41, 5.74) is 0. The van der Waals surface area contributed by atoms with Gasteiger partial charge in [0, 0.05) is 12.3 Å². The fourth-order valence-electron chi connectivity index (χ4n) is 1.06. The number of terminal acetylenes is 1. The average molecular weight is 196 g/mol. The number of hydrogen-bond acceptors (Lipinski definition) is 3. The molecule has 0 aromatic carbocycles. The quantitative estimate of drug-likeness (QED) is 0.379. The van der Waals surface area contributed by atoms with E-state index in [1.165, 1.54) is 0 Å². The average Bonchev–Trinajstić information content (AvgIpc) is 2.13. The molecular formula is C11H16O3. The van der Waals surface area contributed by atoms with E-state index in [0.29, 0.717) is 0 Å². The largest absolute Gasteiger partial charge is 0.465 e. The van der Waals surface area contributed by atoms with Crippen LogP contribution in [0, 0.1) is 24.2 Å². The minimum Gasteiger partial charge on any atom is -0.465 e. The minimum absolute atomic E-state index is 0.121. The van der Waals surface area contributed by atoms with Gasteiger partial charge in [0.05, 0.1) is 6.61 Å². The lowest BCUT2D eigenvalue weighted by molar-refractivity contribution is -0.152. The van der Waals surface area contributed by atoms with E-state index in [1.807, 2.05) is 0 Å². The number of ether oxygens (including phenoxy) is 1. The highest BCUT2D eigenvalue weighted by molar-refractivity contribution is 6.00. The molecule has 0 heterocycles. The maximum Gasteiger partial charge on any atom is 0.317 e. The third-order valence-corrected chi connectivity index (χ3v) is 1.81. The van der Waals surface area contributed by atoms with Crippen LogP contribution in [0.25, 0.3) is 0 Å². The van der Waals surface area contributed by atoms with E-state index in [-0.39, 0.29) is 24.7 Å². The molecule has 78 valence electrons. The Hall–Kier alpha value is -1.30. The zero-order chi connectivity index (χ0) is 11.1. The van der Waals surface area contributed by atoms with Crippen LogP contribution in [0.1, 0.15) is 27.2 Å². The van der Waals surface area contributed by atoms with Gasteiger partial charge >= 0.3 is 5.97 Å². The molecule has 0 spiro atoms. The highest BCUT2D eigenvalue weighted by Crippen LogP contribution is 2.12. The Morgan fingerprint density at radius 3 is 2.36 bits per heavy atom. The van der Waals surface area contributed by atoms with E-state index in [1.54, 1.807) is 20.8 Å². The van der Waals surface area contributed by atoms with Crippen molar-refractivity contribution in [2.75, 3.05) is 6.61 Å². The summed E-state index contributed by atoms with van der Waals surface area (Å²) in [6.45, 7) is 5.45. The van der Waals surface area contributed by atoms with Crippen molar-refractivity contribution in [2.45, 2.75) is 27.2 Å². The van der Waals surface area contributed by atoms with E-state index in [4.69, 9.17) is 11.2 Å². The molecule has 0 bridgehead atoms. The molecular weight excluding hydrogens is 180 g/mol. The van der Waals surface area contributed by atoms with E-state index < -0.39 is 11.9 Å². The van der Waals surface area contributed by atoms with Crippen molar-refractivity contribution < 1.29 is 14.3 Å². The first-order valence-electron chi connectivity index (χ1n) is 4.68. The van der Waals surface area contributed by atoms with Gasteiger partial charge in [0.25, 0.3) is 0 Å². The number of ketones is 1. The summed E-state index contributed by atoms with van der Waals surface area (Å²) in [4.78, 5) is 22.9. The summed E-state index contributed by atoms with van der Waals surface area (Å²) >= 11 is 0. The van der Waals surface area contributed by atoms with Gasteiger partial charge in [0.1, 0.15) is 5.92 Å². The SMILES string of the molecule is C#CCC(C(=O)OCC)C(=O)C(C)C. The molecule has 0 aromatic rings. The zero-order valence-electron chi connectivity index (χ0n) is 8.87. The van der Waals surface area contributed by atoms with Crippen LogP contribution in [0.3, 0.4) is 0 Å². The molecule has 0 saturated carbocycles. The van der Waals surface area contributed by atoms with E-state index in [0.717, 1.165) is 0 Å². The van der Waals surface area contributed by atoms with Gasteiger partial charge in [-0.1, -0.05) is 13.8 Å². The molecule has 0 radical (unpaired) electrons. The lowest BCUT2D eigenvalue weighted by Gasteiger charge is -2.13. The topological polar surface area (TPSA) is 43.4 Å². The number of esters is 1. The standard InChI is InChI=1S/C11H16O3/c1-5-7-9(10(12)8(3)4)11(13)14-6-2/h1,8-9H,6-7H2,2-4H3. The van der Waals surface area contributed by atoms with Crippen LogP contribution >= 0.6 is 0 Å². The van der Waals surface area contributed by atoms with Crippen LogP contribution in [-0.4, -0.2) is 18.4 Å². The van der Waals surface area contributed by atoms with Gasteiger partial charge in [0.2, 0.25) is 0 Å². The molecule has 0 N–H and O–H groups in total. The lowest BCUT2D eigenvalue weighted by Crippen LogP contribution is -2.29. The molecule has 0 rings (SSSR count). The molecule has 0 amide bonds. The molecule has 0 aliphatic rings. The number of carbonyl (C=O) groups is 2. The van der Waals surface area contributed by atoms with Gasteiger partial charge in [-0.25, -0.2) is 0 Å². The van der Waals surface area contributed by atoms with E-state index in [2.05, 4.69) is 5.92 Å². The van der Waals surface area contributed by atoms with Gasteiger partial charge in [-0.15, -0.1) is 12.3 Å². The molecule has 3 heteroatoms. The van der Waals surface area contributed by atoms with Crippen LogP contribution in [0.2, 0.25) is 0 Å². The molecule has 3 nitrogen and oxygen atoms in total. The van der Waals surface area contributed by atoms with Gasteiger partial charge in [-0.05, 0) is 6.92 Å². The predicted molar refractivity (Wildman–Crippen MR) is 53.4 cm³/mol. The van der Waals surface area contributed by atoms with Crippen LogP contribution in [-0.2, 0) is 14.3 Å². The van der Waals surface area contributed by atoms with Crippen molar-refractivity contribution in [1.82, 2.24) is 0 Å². The lowest BCUT2D eigenvalue weighted by atomic mass is 9.93. The summed E-state index contributed by atoms with van der Waals surface area (Å²) in [6, 6.07) is 0. The first-order chi connectivity index (χ1) is 6.54. The van der Waals surface area contributed by atoms with Crippen molar-refractivity contribution in [3.8, 4) is 12.3 Å². The summed E-state index contributed by atoms with van der Waals surface area (Å²) < 4.78 is 4.77. The first kappa shape index (κ1) is 12.7. The van der Waals surface area contributed by atoms with Gasteiger partial charge in [-0.2, -0.15) is 0 Å². The van der Waals surface area contributed by atoms with Crippen LogP contribution in [0.15, 0.2) is 0 Å². The highest BCUT2D eigenvalue weighted by atomic mass is 16.5. The van der Waals surface area contributed by atoms with E-state index >= 15 is 0 Å². The molecule has 0 aliphatic carbocycles. The molecule has 14 heavy (non-hydrogen) atoms. The Bertz CT molecular complexity index is 248. The number of Topliss-reactive ketones (excluding diaryl/α,β-unsaturated/α-hetero) is 1. The van der Waals surface area contributed by atoms with Crippen LogP contribution < -0.4 is 0 Å². The Kier molecular flexibility index (Phi) is 5.62. The Balaban J connectivity index is 4.52. The van der Waals surface area contributed by atoms with Crippen molar-refractivity contribution in [3.63, 3.8) is 0 Å². The predicted octanol–water partition coefficient (Wildman–Crippen LogP) is 1.41. The van der Waals surface area contributed by atoms with Crippen molar-refractivity contribution >= 4 is 11.8 Å². The summed E-state index contributed by atoms with van der Waals surface area (Å²) in [7, 11) is 0. The summed E-state index contributed by atoms with van der Waals surface area (Å²) in [6.07, 6.45) is 5.21. The zero-order valence-corrected chi connectivity index (χ0v) is 8.87. The fraction of sp³-hybridized carbons (Fsp3) is 0.636. The highest BCUT2D eigenvalue weighted by Gasteiger charge is 2.28. The molecule has 1 atom stereocenters. The van der Waals surface area contributed by atoms with Crippen LogP contribution in [0.5, 0.6) is 0 Å².